The zero-order valence-corrected chi connectivity index (χ0v) is 17.0. The van der Waals surface area contributed by atoms with Crippen molar-refractivity contribution in [3.63, 3.8) is 0 Å². The number of hydrogen-bond donors (Lipinski definition) is 0. The van der Waals surface area contributed by atoms with Crippen molar-refractivity contribution in [1.29, 1.82) is 0 Å². The highest BCUT2D eigenvalue weighted by Gasteiger charge is 2.33. The highest BCUT2D eigenvalue weighted by Crippen LogP contribution is 2.23. The molecule has 2 rings (SSSR count). The minimum absolute atomic E-state index is 0.00322. The maximum atomic E-state index is 12.8. The Morgan fingerprint density at radius 2 is 2.04 bits per heavy atom. The molecule has 0 spiro atoms. The number of carbonyl (C=O) groups excluding carboxylic acids is 3. The summed E-state index contributed by atoms with van der Waals surface area (Å²) in [5.74, 6) is -0.478. The van der Waals surface area contributed by atoms with Gasteiger partial charge in [0.05, 0.1) is 6.54 Å². The molecule has 0 saturated carbocycles. The summed E-state index contributed by atoms with van der Waals surface area (Å²) in [7, 11) is 0. The lowest BCUT2D eigenvalue weighted by Crippen LogP contribution is -2.44. The van der Waals surface area contributed by atoms with Crippen molar-refractivity contribution in [3.8, 4) is 0 Å². The van der Waals surface area contributed by atoms with Crippen molar-refractivity contribution >= 4 is 35.0 Å². The number of hydrogen-bond acceptors (Lipinski definition) is 3. The molecule has 1 unspecified atom stereocenters. The summed E-state index contributed by atoms with van der Waals surface area (Å²) in [4.78, 5) is 42.3. The van der Waals surface area contributed by atoms with Crippen LogP contribution < -0.4 is 4.90 Å². The first kappa shape index (κ1) is 21.2. The normalized spacial score (nSPS) is 15.2. The van der Waals surface area contributed by atoms with Crippen molar-refractivity contribution in [2.45, 2.75) is 40.0 Å². The van der Waals surface area contributed by atoms with Gasteiger partial charge in [0, 0.05) is 23.2 Å². The van der Waals surface area contributed by atoms with Crippen LogP contribution in [0.15, 0.2) is 24.3 Å². The average molecular weight is 394 g/mol. The lowest BCUT2D eigenvalue weighted by atomic mass is 10.1. The number of carbonyl (C=O) groups is 3. The van der Waals surface area contributed by atoms with E-state index in [1.165, 1.54) is 9.80 Å². The molecule has 0 N–H and O–H groups in total. The van der Waals surface area contributed by atoms with Crippen LogP contribution in [-0.2, 0) is 14.4 Å². The minimum Gasteiger partial charge on any atom is -0.333 e. The third-order valence-corrected chi connectivity index (χ3v) is 5.10. The van der Waals surface area contributed by atoms with Crippen LogP contribution in [0.2, 0.25) is 5.02 Å². The summed E-state index contributed by atoms with van der Waals surface area (Å²) in [5.41, 5.74) is 0.668. The summed E-state index contributed by atoms with van der Waals surface area (Å²) in [6.07, 6.45) is 2.53. The van der Waals surface area contributed by atoms with Crippen LogP contribution in [0, 0.1) is 5.92 Å². The van der Waals surface area contributed by atoms with Gasteiger partial charge in [0.25, 0.3) is 0 Å². The number of nitrogens with zero attached hydrogens (tertiary/aromatic N) is 3. The molecular weight excluding hydrogens is 366 g/mol. The SMILES string of the molecule is CCCCN(CC(=O)N1CC(=O)N(c2cccc(Cl)c2)C1)C(=O)C(C)CC. The van der Waals surface area contributed by atoms with Crippen LogP contribution in [0.4, 0.5) is 5.69 Å². The second kappa shape index (κ2) is 9.74. The van der Waals surface area contributed by atoms with Gasteiger partial charge < -0.3 is 9.80 Å². The van der Waals surface area contributed by atoms with Gasteiger partial charge in [-0.1, -0.05) is 44.9 Å². The van der Waals surface area contributed by atoms with Crippen LogP contribution in [0.1, 0.15) is 40.0 Å². The van der Waals surface area contributed by atoms with E-state index < -0.39 is 0 Å². The fraction of sp³-hybridized carbons (Fsp3) is 0.550. The van der Waals surface area contributed by atoms with Crippen LogP contribution >= 0.6 is 11.6 Å². The van der Waals surface area contributed by atoms with Gasteiger partial charge in [0.1, 0.15) is 13.2 Å². The van der Waals surface area contributed by atoms with Gasteiger partial charge >= 0.3 is 0 Å². The first-order chi connectivity index (χ1) is 12.9. The van der Waals surface area contributed by atoms with E-state index >= 15 is 0 Å². The Morgan fingerprint density at radius 3 is 2.67 bits per heavy atom. The van der Waals surface area contributed by atoms with E-state index in [-0.39, 0.29) is 43.4 Å². The van der Waals surface area contributed by atoms with Gasteiger partial charge in [-0.25, -0.2) is 0 Å². The first-order valence-electron chi connectivity index (χ1n) is 9.49. The molecule has 1 fully saturated rings. The molecule has 0 aromatic heterocycles. The van der Waals surface area contributed by atoms with E-state index in [4.69, 9.17) is 11.6 Å². The van der Waals surface area contributed by atoms with Gasteiger partial charge in [-0.15, -0.1) is 0 Å². The zero-order chi connectivity index (χ0) is 20.0. The van der Waals surface area contributed by atoms with Crippen molar-refractivity contribution < 1.29 is 14.4 Å². The monoisotopic (exact) mass is 393 g/mol. The molecule has 1 saturated heterocycles. The molecule has 7 heteroatoms. The Morgan fingerprint density at radius 1 is 1.30 bits per heavy atom. The Labute approximate surface area is 166 Å². The Balaban J connectivity index is 2.05. The predicted octanol–water partition coefficient (Wildman–Crippen LogP) is 3.15. The van der Waals surface area contributed by atoms with Crippen molar-refractivity contribution in [2.75, 3.05) is 31.2 Å². The molecule has 1 aliphatic heterocycles. The molecule has 0 aliphatic carbocycles. The molecule has 27 heavy (non-hydrogen) atoms. The number of halogens is 1. The molecule has 0 bridgehead atoms. The fourth-order valence-electron chi connectivity index (χ4n) is 2.95. The van der Waals surface area contributed by atoms with Crippen LogP contribution in [0.3, 0.4) is 0 Å². The molecule has 1 aromatic carbocycles. The Bertz CT molecular complexity index is 695. The lowest BCUT2D eigenvalue weighted by Gasteiger charge is -2.27. The van der Waals surface area contributed by atoms with Crippen molar-refractivity contribution in [1.82, 2.24) is 9.80 Å². The van der Waals surface area contributed by atoms with E-state index in [2.05, 4.69) is 6.92 Å². The highest BCUT2D eigenvalue weighted by atomic mass is 35.5. The standard InChI is InChI=1S/C20H28ClN3O3/c1-4-6-10-22(20(27)15(3)5-2)12-18(25)23-13-19(26)24(14-23)17-9-7-8-16(21)11-17/h7-9,11,15H,4-6,10,12-14H2,1-3H3. The van der Waals surface area contributed by atoms with Crippen LogP contribution in [-0.4, -0.2) is 53.8 Å². The van der Waals surface area contributed by atoms with E-state index in [0.29, 0.717) is 17.3 Å². The largest absolute Gasteiger partial charge is 0.333 e. The number of unbranched alkanes of at least 4 members (excludes halogenated alkanes) is 1. The molecule has 0 radical (unpaired) electrons. The Kier molecular flexibility index (Phi) is 7.66. The molecular formula is C20H28ClN3O3. The Hall–Kier alpha value is -2.08. The summed E-state index contributed by atoms with van der Waals surface area (Å²) < 4.78 is 0. The van der Waals surface area contributed by atoms with Crippen molar-refractivity contribution in [3.05, 3.63) is 29.3 Å². The number of rotatable bonds is 8. The number of anilines is 1. The maximum absolute atomic E-state index is 12.8. The van der Waals surface area contributed by atoms with Gasteiger partial charge in [0.15, 0.2) is 0 Å². The van der Waals surface area contributed by atoms with Crippen LogP contribution in [0.5, 0.6) is 0 Å². The van der Waals surface area contributed by atoms with Gasteiger partial charge in [-0.2, -0.15) is 0 Å². The topological polar surface area (TPSA) is 60.9 Å². The second-order valence-corrected chi connectivity index (χ2v) is 7.39. The highest BCUT2D eigenvalue weighted by molar-refractivity contribution is 6.31. The van der Waals surface area contributed by atoms with E-state index in [0.717, 1.165) is 19.3 Å². The molecule has 1 heterocycles. The summed E-state index contributed by atoms with van der Waals surface area (Å²) >= 11 is 6.00. The smallest absolute Gasteiger partial charge is 0.248 e. The summed E-state index contributed by atoms with van der Waals surface area (Å²) in [5, 5.41) is 0.537. The van der Waals surface area contributed by atoms with Gasteiger partial charge in [0.2, 0.25) is 17.7 Å². The van der Waals surface area contributed by atoms with Gasteiger partial charge in [-0.05, 0) is 31.0 Å². The maximum Gasteiger partial charge on any atom is 0.248 e. The lowest BCUT2D eigenvalue weighted by molar-refractivity contribution is -0.142. The molecule has 1 aliphatic rings. The number of amides is 3. The van der Waals surface area contributed by atoms with Crippen LogP contribution in [0.25, 0.3) is 0 Å². The molecule has 1 atom stereocenters. The molecule has 3 amide bonds. The minimum atomic E-state index is -0.208. The van der Waals surface area contributed by atoms with Gasteiger partial charge in [-0.3, -0.25) is 19.3 Å². The average Bonchev–Trinajstić information content (AvgIpc) is 3.05. The molecule has 6 nitrogen and oxygen atoms in total. The summed E-state index contributed by atoms with van der Waals surface area (Å²) in [6.45, 7) is 6.67. The first-order valence-corrected chi connectivity index (χ1v) is 9.87. The quantitative estimate of drug-likeness (QED) is 0.681. The van der Waals surface area contributed by atoms with Crippen molar-refractivity contribution in [2.24, 2.45) is 5.92 Å². The third kappa shape index (κ3) is 5.45. The number of benzene rings is 1. The third-order valence-electron chi connectivity index (χ3n) is 4.87. The zero-order valence-electron chi connectivity index (χ0n) is 16.3. The predicted molar refractivity (Wildman–Crippen MR) is 106 cm³/mol. The fourth-order valence-corrected chi connectivity index (χ4v) is 3.14. The summed E-state index contributed by atoms with van der Waals surface area (Å²) in [6, 6.07) is 7.00. The molecule has 148 valence electrons. The van der Waals surface area contributed by atoms with E-state index in [1.54, 1.807) is 29.2 Å². The van der Waals surface area contributed by atoms with E-state index in [1.807, 2.05) is 13.8 Å². The second-order valence-electron chi connectivity index (χ2n) is 6.96. The molecule has 1 aromatic rings. The van der Waals surface area contributed by atoms with E-state index in [9.17, 15) is 14.4 Å².